The van der Waals surface area contributed by atoms with Gasteiger partial charge in [0, 0.05) is 30.4 Å². The van der Waals surface area contributed by atoms with E-state index in [1.807, 2.05) is 42.5 Å². The van der Waals surface area contributed by atoms with Crippen molar-refractivity contribution in [3.63, 3.8) is 0 Å². The quantitative estimate of drug-likeness (QED) is 0.227. The lowest BCUT2D eigenvalue weighted by Gasteiger charge is -2.46. The van der Waals surface area contributed by atoms with Crippen molar-refractivity contribution in [1.82, 2.24) is 19.9 Å². The molecule has 5 rings (SSSR count). The van der Waals surface area contributed by atoms with E-state index >= 15 is 0 Å². The number of fused-ring (bicyclic) bond motifs is 1. The third-order valence-corrected chi connectivity index (χ3v) is 7.56. The Hall–Kier alpha value is -4.11. The summed E-state index contributed by atoms with van der Waals surface area (Å²) < 4.78 is 12.3. The normalized spacial score (nSPS) is 17.3. The summed E-state index contributed by atoms with van der Waals surface area (Å²) in [6.07, 6.45) is 4.04. The van der Waals surface area contributed by atoms with Crippen LogP contribution in [0.25, 0.3) is 10.9 Å². The molecule has 0 aliphatic carbocycles. The number of nitrogens with zero attached hydrogens (tertiary/aromatic N) is 4. The van der Waals surface area contributed by atoms with Crippen molar-refractivity contribution in [1.29, 1.82) is 0 Å². The number of rotatable bonds is 8. The fourth-order valence-electron chi connectivity index (χ4n) is 5.60. The van der Waals surface area contributed by atoms with Crippen LogP contribution in [0, 0.1) is 11.3 Å². The van der Waals surface area contributed by atoms with E-state index in [4.69, 9.17) is 21.1 Å². The Morgan fingerprint density at radius 2 is 1.93 bits per heavy atom. The second-order valence-corrected chi connectivity index (χ2v) is 11.7. The first-order valence-electron chi connectivity index (χ1n) is 13.7. The second-order valence-electron chi connectivity index (χ2n) is 11.3. The smallest absolute Gasteiger partial charge is 0.407 e. The SMILES string of the molecule is CC(C)(C)C1[C@@H](COc2cccc3ncnc(Nc4ccc(OCc5ccccn5)c(Cl)c4)c23)CCCN1C(=O)O. The lowest BCUT2D eigenvalue weighted by Crippen LogP contribution is -2.55. The number of benzene rings is 2. The van der Waals surface area contributed by atoms with Crippen LogP contribution in [0.15, 0.2) is 67.1 Å². The van der Waals surface area contributed by atoms with Gasteiger partial charge in [-0.05, 0) is 60.7 Å². The molecule has 0 saturated carbocycles. The minimum Gasteiger partial charge on any atom is -0.492 e. The molecule has 0 radical (unpaired) electrons. The molecule has 10 heteroatoms. The molecule has 9 nitrogen and oxygen atoms in total. The maximum Gasteiger partial charge on any atom is 0.407 e. The molecule has 4 aromatic rings. The van der Waals surface area contributed by atoms with Crippen molar-refractivity contribution in [2.75, 3.05) is 18.5 Å². The highest BCUT2D eigenvalue weighted by molar-refractivity contribution is 6.32. The van der Waals surface area contributed by atoms with Gasteiger partial charge in [-0.25, -0.2) is 14.8 Å². The monoisotopic (exact) mass is 575 g/mol. The Balaban J connectivity index is 1.35. The number of piperidine rings is 1. The number of halogens is 1. The van der Waals surface area contributed by atoms with Gasteiger partial charge in [-0.3, -0.25) is 4.98 Å². The fourth-order valence-corrected chi connectivity index (χ4v) is 5.83. The summed E-state index contributed by atoms with van der Waals surface area (Å²) in [5.41, 5.74) is 2.04. The highest BCUT2D eigenvalue weighted by Gasteiger charge is 2.42. The van der Waals surface area contributed by atoms with Gasteiger partial charge in [0.05, 0.1) is 28.2 Å². The van der Waals surface area contributed by atoms with Crippen molar-refractivity contribution in [2.45, 2.75) is 46.3 Å². The van der Waals surface area contributed by atoms with Gasteiger partial charge in [-0.1, -0.05) is 44.5 Å². The van der Waals surface area contributed by atoms with Crippen LogP contribution in [-0.4, -0.2) is 50.2 Å². The number of likely N-dealkylation sites (tertiary alicyclic amines) is 1. The highest BCUT2D eigenvalue weighted by atomic mass is 35.5. The van der Waals surface area contributed by atoms with Crippen molar-refractivity contribution in [3.8, 4) is 11.5 Å². The van der Waals surface area contributed by atoms with Crippen molar-refractivity contribution < 1.29 is 19.4 Å². The minimum atomic E-state index is -0.883. The number of anilines is 2. The first kappa shape index (κ1) is 28.4. The fraction of sp³-hybridized carbons (Fsp3) is 0.355. The van der Waals surface area contributed by atoms with Crippen LogP contribution in [0.5, 0.6) is 11.5 Å². The Labute approximate surface area is 244 Å². The topological polar surface area (TPSA) is 110 Å². The Kier molecular flexibility index (Phi) is 8.44. The number of carbonyl (C=O) groups is 1. The summed E-state index contributed by atoms with van der Waals surface area (Å²) in [5.74, 6) is 1.81. The molecule has 1 unspecified atom stereocenters. The lowest BCUT2D eigenvalue weighted by molar-refractivity contribution is 0.00696. The van der Waals surface area contributed by atoms with Crippen molar-refractivity contribution in [2.24, 2.45) is 11.3 Å². The van der Waals surface area contributed by atoms with E-state index in [1.54, 1.807) is 23.2 Å². The van der Waals surface area contributed by atoms with Gasteiger partial charge in [0.25, 0.3) is 0 Å². The van der Waals surface area contributed by atoms with Crippen LogP contribution in [0.3, 0.4) is 0 Å². The predicted molar refractivity (Wildman–Crippen MR) is 159 cm³/mol. The highest BCUT2D eigenvalue weighted by Crippen LogP contribution is 2.38. The number of amides is 1. The third-order valence-electron chi connectivity index (χ3n) is 7.26. The lowest BCUT2D eigenvalue weighted by atomic mass is 9.74. The summed E-state index contributed by atoms with van der Waals surface area (Å²) in [6.45, 7) is 7.48. The molecular weight excluding hydrogens is 542 g/mol. The average Bonchev–Trinajstić information content (AvgIpc) is 2.95. The largest absolute Gasteiger partial charge is 0.492 e. The molecule has 41 heavy (non-hydrogen) atoms. The van der Waals surface area contributed by atoms with Crippen LogP contribution in [0.2, 0.25) is 5.02 Å². The molecule has 2 atom stereocenters. The number of nitrogens with one attached hydrogen (secondary N) is 1. The van der Waals surface area contributed by atoms with Crippen LogP contribution < -0.4 is 14.8 Å². The Bertz CT molecular complexity index is 1510. The van der Waals surface area contributed by atoms with Gasteiger partial charge in [-0.2, -0.15) is 0 Å². The zero-order valence-corrected chi connectivity index (χ0v) is 24.1. The zero-order valence-electron chi connectivity index (χ0n) is 23.4. The molecule has 2 N–H and O–H groups in total. The zero-order chi connectivity index (χ0) is 29.0. The molecule has 1 fully saturated rings. The number of ether oxygens (including phenoxy) is 2. The van der Waals surface area contributed by atoms with Crippen LogP contribution in [0.1, 0.15) is 39.3 Å². The molecule has 3 heterocycles. The van der Waals surface area contributed by atoms with E-state index < -0.39 is 6.09 Å². The summed E-state index contributed by atoms with van der Waals surface area (Å²) in [6, 6.07) is 16.6. The van der Waals surface area contributed by atoms with Gasteiger partial charge >= 0.3 is 6.09 Å². The first-order valence-corrected chi connectivity index (χ1v) is 14.0. The number of hydrogen-bond donors (Lipinski definition) is 2. The van der Waals surface area contributed by atoms with Gasteiger partial charge in [0.2, 0.25) is 0 Å². The summed E-state index contributed by atoms with van der Waals surface area (Å²) in [5, 5.41) is 14.4. The van der Waals surface area contributed by atoms with E-state index in [9.17, 15) is 9.90 Å². The molecule has 1 saturated heterocycles. The van der Waals surface area contributed by atoms with Gasteiger partial charge in [-0.15, -0.1) is 0 Å². The van der Waals surface area contributed by atoms with Gasteiger partial charge < -0.3 is 24.8 Å². The Morgan fingerprint density at radius 1 is 1.07 bits per heavy atom. The summed E-state index contributed by atoms with van der Waals surface area (Å²) in [4.78, 5) is 26.8. The maximum atomic E-state index is 12.0. The van der Waals surface area contributed by atoms with Crippen molar-refractivity contribution in [3.05, 3.63) is 77.8 Å². The van der Waals surface area contributed by atoms with Crippen molar-refractivity contribution >= 4 is 40.1 Å². The average molecular weight is 576 g/mol. The van der Waals surface area contributed by atoms with Gasteiger partial charge in [0.1, 0.15) is 30.3 Å². The molecule has 2 aromatic heterocycles. The van der Waals surface area contributed by atoms with Crippen LogP contribution in [0.4, 0.5) is 16.3 Å². The van der Waals surface area contributed by atoms with E-state index in [1.165, 1.54) is 6.33 Å². The molecule has 1 amide bonds. The van der Waals surface area contributed by atoms with E-state index in [0.717, 1.165) is 35.1 Å². The first-order chi connectivity index (χ1) is 19.7. The minimum absolute atomic E-state index is 0.0496. The van der Waals surface area contributed by atoms with Crippen LogP contribution in [-0.2, 0) is 6.61 Å². The summed E-state index contributed by atoms with van der Waals surface area (Å²) in [7, 11) is 0. The molecule has 2 aromatic carbocycles. The maximum absolute atomic E-state index is 12.0. The molecule has 0 bridgehead atoms. The number of aromatic nitrogens is 3. The molecular formula is C31H34ClN5O4. The number of hydrogen-bond acceptors (Lipinski definition) is 7. The van der Waals surface area contributed by atoms with E-state index in [2.05, 4.69) is 41.0 Å². The standard InChI is InChI=1S/C31H34ClN5O4/c1-31(2,3)28-20(8-7-15-37(28)30(38)39)17-40-26-11-6-10-24-27(26)29(35-19-34-24)36-21-12-13-25(23(32)16-21)41-18-22-9-4-5-14-33-22/h4-6,9-14,16,19-20,28H,7-8,15,17-18H2,1-3H3,(H,38,39)(H,34,35,36)/t20-,28?/m1/s1. The van der Waals surface area contributed by atoms with Gasteiger partial charge in [0.15, 0.2) is 0 Å². The summed E-state index contributed by atoms with van der Waals surface area (Å²) >= 11 is 6.54. The molecule has 1 aliphatic heterocycles. The molecule has 0 spiro atoms. The van der Waals surface area contributed by atoms with E-state index in [-0.39, 0.29) is 17.4 Å². The third kappa shape index (κ3) is 6.62. The predicted octanol–water partition coefficient (Wildman–Crippen LogP) is 7.18. The molecule has 1 aliphatic rings. The second kappa shape index (κ2) is 12.2. The number of pyridine rings is 1. The number of carboxylic acid groups (broad SMARTS) is 1. The van der Waals surface area contributed by atoms with Crippen LogP contribution >= 0.6 is 11.6 Å². The Morgan fingerprint density at radius 3 is 2.66 bits per heavy atom. The van der Waals surface area contributed by atoms with E-state index in [0.29, 0.717) is 42.1 Å². The molecule has 214 valence electrons.